The Morgan fingerprint density at radius 3 is 2.26 bits per heavy atom. The van der Waals surface area contributed by atoms with E-state index >= 15 is 0 Å². The molecule has 35 heavy (non-hydrogen) atoms. The molecule has 0 spiro atoms. The molecule has 1 aromatic heterocycles. The normalized spacial score (nSPS) is 10.8. The molecule has 6 heteroatoms. The van der Waals surface area contributed by atoms with Crippen molar-refractivity contribution >= 4 is 28.2 Å². The Hall–Kier alpha value is -4.84. The van der Waals surface area contributed by atoms with Crippen molar-refractivity contribution in [2.24, 2.45) is 0 Å². The van der Waals surface area contributed by atoms with E-state index in [1.165, 1.54) is 12.1 Å². The molecule has 0 radical (unpaired) electrons. The maximum absolute atomic E-state index is 13.0. The van der Waals surface area contributed by atoms with Crippen molar-refractivity contribution in [2.75, 3.05) is 5.32 Å². The molecule has 0 aliphatic rings. The quantitative estimate of drug-likeness (QED) is 0.226. The van der Waals surface area contributed by atoms with Crippen LogP contribution < -0.4 is 5.32 Å². The lowest BCUT2D eigenvalue weighted by molar-refractivity contribution is -0.384. The summed E-state index contributed by atoms with van der Waals surface area (Å²) >= 11 is 0. The van der Waals surface area contributed by atoms with Gasteiger partial charge in [-0.25, -0.2) is 4.98 Å². The monoisotopic (exact) mass is 459 g/mol. The highest BCUT2D eigenvalue weighted by atomic mass is 16.6. The number of nitro benzene ring substituents is 1. The minimum Gasteiger partial charge on any atom is -0.322 e. The second kappa shape index (κ2) is 9.19. The van der Waals surface area contributed by atoms with Gasteiger partial charge >= 0.3 is 0 Å². The first-order chi connectivity index (χ1) is 17.0. The van der Waals surface area contributed by atoms with Gasteiger partial charge in [0, 0.05) is 34.3 Å². The van der Waals surface area contributed by atoms with Gasteiger partial charge in [0.05, 0.1) is 16.1 Å². The number of nitrogens with one attached hydrogen (secondary N) is 1. The predicted molar refractivity (Wildman–Crippen MR) is 138 cm³/mol. The number of hydrogen-bond acceptors (Lipinski definition) is 4. The molecule has 0 unspecified atom stereocenters. The zero-order chi connectivity index (χ0) is 24.4. The lowest BCUT2D eigenvalue weighted by Crippen LogP contribution is -2.12. The van der Waals surface area contributed by atoms with Gasteiger partial charge in [-0.3, -0.25) is 14.9 Å². The van der Waals surface area contributed by atoms with E-state index in [0.29, 0.717) is 11.3 Å². The van der Waals surface area contributed by atoms with E-state index in [4.69, 9.17) is 4.98 Å². The number of rotatable bonds is 5. The van der Waals surface area contributed by atoms with E-state index in [2.05, 4.69) is 5.32 Å². The number of carbonyl (C=O) groups is 1. The highest BCUT2D eigenvalue weighted by molar-refractivity contribution is 6.08. The molecule has 0 fully saturated rings. The first kappa shape index (κ1) is 22.0. The number of para-hydroxylation sites is 1. The average molecular weight is 460 g/mol. The van der Waals surface area contributed by atoms with Crippen LogP contribution >= 0.6 is 0 Å². The first-order valence-corrected chi connectivity index (χ1v) is 11.1. The molecule has 4 aromatic carbocycles. The van der Waals surface area contributed by atoms with Gasteiger partial charge in [0.15, 0.2) is 0 Å². The second-order valence-electron chi connectivity index (χ2n) is 8.23. The average Bonchev–Trinajstić information content (AvgIpc) is 2.89. The minimum atomic E-state index is -0.420. The van der Waals surface area contributed by atoms with Crippen molar-refractivity contribution in [3.8, 4) is 22.4 Å². The van der Waals surface area contributed by atoms with Gasteiger partial charge in [-0.15, -0.1) is 0 Å². The van der Waals surface area contributed by atoms with Gasteiger partial charge in [-0.1, -0.05) is 48.5 Å². The maximum atomic E-state index is 13.0. The van der Waals surface area contributed by atoms with Crippen LogP contribution in [-0.2, 0) is 0 Å². The molecule has 6 nitrogen and oxygen atoms in total. The number of carbonyl (C=O) groups excluding carboxylic acids is 1. The van der Waals surface area contributed by atoms with Crippen LogP contribution in [0, 0.1) is 17.0 Å². The zero-order valence-corrected chi connectivity index (χ0v) is 18.9. The zero-order valence-electron chi connectivity index (χ0n) is 18.9. The third-order valence-electron chi connectivity index (χ3n) is 5.92. The Morgan fingerprint density at radius 1 is 0.829 bits per heavy atom. The number of non-ortho nitro benzene ring substituents is 1. The molecule has 0 aliphatic heterocycles. The Labute approximate surface area is 202 Å². The molecular weight excluding hydrogens is 438 g/mol. The molecule has 1 amide bonds. The van der Waals surface area contributed by atoms with Gasteiger partial charge in [-0.05, 0) is 66.1 Å². The highest BCUT2D eigenvalue weighted by Gasteiger charge is 2.14. The van der Waals surface area contributed by atoms with Crippen LogP contribution in [0.3, 0.4) is 0 Å². The lowest BCUT2D eigenvalue weighted by atomic mass is 9.97. The lowest BCUT2D eigenvalue weighted by Gasteiger charge is -2.13. The Bertz CT molecular complexity index is 1560. The van der Waals surface area contributed by atoms with Gasteiger partial charge in [0.1, 0.15) is 0 Å². The van der Waals surface area contributed by atoms with E-state index in [1.54, 1.807) is 18.2 Å². The molecule has 5 aromatic rings. The number of nitro groups is 1. The summed E-state index contributed by atoms with van der Waals surface area (Å²) in [7, 11) is 0. The standard InChI is InChI=1S/C29H21N3O3/c1-19-7-5-6-10-26(19)31-29(33)22-13-16-27-25(17-22)24(20-8-3-2-4-9-20)18-28(30-27)21-11-14-23(15-12-21)32(34)35/h2-18H,1H3,(H,31,33). The van der Waals surface area contributed by atoms with Crippen molar-refractivity contribution in [1.82, 2.24) is 4.98 Å². The molecule has 170 valence electrons. The van der Waals surface area contributed by atoms with Crippen LogP contribution in [0.2, 0.25) is 0 Å². The summed E-state index contributed by atoms with van der Waals surface area (Å²) in [6.07, 6.45) is 0. The molecule has 1 heterocycles. The van der Waals surface area contributed by atoms with Gasteiger partial charge in [0.2, 0.25) is 0 Å². The van der Waals surface area contributed by atoms with Crippen LogP contribution in [0.5, 0.6) is 0 Å². The molecule has 1 N–H and O–H groups in total. The summed E-state index contributed by atoms with van der Waals surface area (Å²) in [4.78, 5) is 28.5. The second-order valence-corrected chi connectivity index (χ2v) is 8.23. The molecule has 0 atom stereocenters. The van der Waals surface area contributed by atoms with Gasteiger partial charge in [0.25, 0.3) is 11.6 Å². The fraction of sp³-hybridized carbons (Fsp3) is 0.0345. The van der Waals surface area contributed by atoms with E-state index in [9.17, 15) is 14.9 Å². The first-order valence-electron chi connectivity index (χ1n) is 11.1. The predicted octanol–water partition coefficient (Wildman–Crippen LogP) is 7.04. The third kappa shape index (κ3) is 4.50. The SMILES string of the molecule is Cc1ccccc1NC(=O)c1ccc2nc(-c3ccc([N+](=O)[O-])cc3)cc(-c3ccccc3)c2c1. The Morgan fingerprint density at radius 2 is 1.54 bits per heavy atom. The number of amides is 1. The highest BCUT2D eigenvalue weighted by Crippen LogP contribution is 2.33. The van der Waals surface area contributed by atoms with Crippen LogP contribution in [0.4, 0.5) is 11.4 Å². The maximum Gasteiger partial charge on any atom is 0.269 e. The number of anilines is 1. The van der Waals surface area contributed by atoms with E-state index in [1.807, 2.05) is 79.7 Å². The minimum absolute atomic E-state index is 0.0297. The molecule has 0 bridgehead atoms. The molecule has 0 aliphatic carbocycles. The summed E-state index contributed by atoms with van der Waals surface area (Å²) < 4.78 is 0. The topological polar surface area (TPSA) is 85.1 Å². The summed E-state index contributed by atoms with van der Waals surface area (Å²) in [5.41, 5.74) is 6.43. The summed E-state index contributed by atoms with van der Waals surface area (Å²) in [5, 5.41) is 14.9. The molecule has 5 rings (SSSR count). The Kier molecular flexibility index (Phi) is 5.77. The van der Waals surface area contributed by atoms with E-state index in [-0.39, 0.29) is 11.6 Å². The largest absolute Gasteiger partial charge is 0.322 e. The van der Waals surface area contributed by atoms with E-state index < -0.39 is 4.92 Å². The number of nitrogens with zero attached hydrogens (tertiary/aromatic N) is 2. The van der Waals surface area contributed by atoms with Crippen molar-refractivity contribution in [3.05, 3.63) is 124 Å². The Balaban J connectivity index is 1.61. The fourth-order valence-electron chi connectivity index (χ4n) is 4.03. The number of aryl methyl sites for hydroxylation is 1. The van der Waals surface area contributed by atoms with Crippen molar-refractivity contribution < 1.29 is 9.72 Å². The molecule has 0 saturated carbocycles. The number of hydrogen-bond donors (Lipinski definition) is 1. The van der Waals surface area contributed by atoms with Crippen LogP contribution in [0.1, 0.15) is 15.9 Å². The van der Waals surface area contributed by atoms with Crippen molar-refractivity contribution in [3.63, 3.8) is 0 Å². The van der Waals surface area contributed by atoms with Crippen LogP contribution in [0.25, 0.3) is 33.3 Å². The van der Waals surface area contributed by atoms with Gasteiger partial charge < -0.3 is 5.32 Å². The third-order valence-corrected chi connectivity index (χ3v) is 5.92. The molecular formula is C29H21N3O3. The van der Waals surface area contributed by atoms with E-state index in [0.717, 1.165) is 38.8 Å². The molecule has 0 saturated heterocycles. The summed E-state index contributed by atoms with van der Waals surface area (Å²) in [6, 6.07) is 31.3. The number of benzene rings is 4. The van der Waals surface area contributed by atoms with Crippen LogP contribution in [-0.4, -0.2) is 15.8 Å². The smallest absolute Gasteiger partial charge is 0.269 e. The number of aromatic nitrogens is 1. The van der Waals surface area contributed by atoms with Crippen molar-refractivity contribution in [1.29, 1.82) is 0 Å². The number of fused-ring (bicyclic) bond motifs is 1. The summed E-state index contributed by atoms with van der Waals surface area (Å²) in [5.74, 6) is -0.195. The van der Waals surface area contributed by atoms with Gasteiger partial charge in [-0.2, -0.15) is 0 Å². The number of pyridine rings is 1. The van der Waals surface area contributed by atoms with Crippen molar-refractivity contribution in [2.45, 2.75) is 6.92 Å². The fourth-order valence-corrected chi connectivity index (χ4v) is 4.03. The summed E-state index contributed by atoms with van der Waals surface area (Å²) in [6.45, 7) is 1.95. The van der Waals surface area contributed by atoms with Crippen LogP contribution in [0.15, 0.2) is 103 Å².